The first-order chi connectivity index (χ1) is 12.9. The minimum absolute atomic E-state index is 0.0160. The second-order valence-electron chi connectivity index (χ2n) is 7.49. The smallest absolute Gasteiger partial charge is 0.226 e. The van der Waals surface area contributed by atoms with Crippen LogP contribution in [0.2, 0.25) is 0 Å². The van der Waals surface area contributed by atoms with Gasteiger partial charge >= 0.3 is 0 Å². The molecule has 1 saturated heterocycles. The van der Waals surface area contributed by atoms with Gasteiger partial charge in [-0.05, 0) is 42.9 Å². The average molecular weight is 376 g/mol. The van der Waals surface area contributed by atoms with Crippen LogP contribution in [0.4, 0.5) is 0 Å². The lowest BCUT2D eigenvalue weighted by molar-refractivity contribution is -0.135. The zero-order chi connectivity index (χ0) is 19.8. The Kier molecular flexibility index (Phi) is 7.95. The first-order valence-electron chi connectivity index (χ1n) is 9.71. The fraction of sp³-hybridized carbons (Fsp3) is 0.619. The van der Waals surface area contributed by atoms with Crippen LogP contribution in [0.25, 0.3) is 0 Å². The van der Waals surface area contributed by atoms with E-state index in [2.05, 4.69) is 19.2 Å². The van der Waals surface area contributed by atoms with E-state index in [0.717, 1.165) is 31.4 Å². The fourth-order valence-corrected chi connectivity index (χ4v) is 3.30. The highest BCUT2D eigenvalue weighted by molar-refractivity contribution is 5.81. The molecule has 0 spiro atoms. The van der Waals surface area contributed by atoms with E-state index in [-0.39, 0.29) is 17.7 Å². The number of rotatable bonds is 8. The topological polar surface area (TPSA) is 67.9 Å². The summed E-state index contributed by atoms with van der Waals surface area (Å²) in [6, 6.07) is 5.54. The van der Waals surface area contributed by atoms with Crippen molar-refractivity contribution in [3.05, 3.63) is 23.8 Å². The summed E-state index contributed by atoms with van der Waals surface area (Å²) >= 11 is 0. The molecule has 0 aromatic heterocycles. The van der Waals surface area contributed by atoms with E-state index in [1.165, 1.54) is 0 Å². The van der Waals surface area contributed by atoms with Gasteiger partial charge in [-0.25, -0.2) is 0 Å². The highest BCUT2D eigenvalue weighted by Crippen LogP contribution is 2.28. The van der Waals surface area contributed by atoms with Crippen LogP contribution in [0.1, 0.15) is 38.7 Å². The van der Waals surface area contributed by atoms with Crippen LogP contribution in [0.15, 0.2) is 18.2 Å². The summed E-state index contributed by atoms with van der Waals surface area (Å²) in [4.78, 5) is 26.7. The van der Waals surface area contributed by atoms with Crippen LogP contribution in [-0.2, 0) is 16.0 Å². The third-order valence-corrected chi connectivity index (χ3v) is 5.04. The number of nitrogens with one attached hydrogen (secondary N) is 1. The Morgan fingerprint density at radius 2 is 1.81 bits per heavy atom. The van der Waals surface area contributed by atoms with E-state index in [1.54, 1.807) is 14.2 Å². The van der Waals surface area contributed by atoms with Crippen molar-refractivity contribution in [2.45, 2.75) is 39.5 Å². The second kappa shape index (κ2) is 10.2. The van der Waals surface area contributed by atoms with E-state index in [4.69, 9.17) is 9.47 Å². The molecule has 1 aromatic rings. The zero-order valence-electron chi connectivity index (χ0n) is 16.9. The number of nitrogens with zero attached hydrogens (tertiary/aromatic N) is 1. The van der Waals surface area contributed by atoms with Crippen molar-refractivity contribution in [3.8, 4) is 11.5 Å². The second-order valence-corrected chi connectivity index (χ2v) is 7.49. The van der Waals surface area contributed by atoms with E-state index >= 15 is 0 Å². The molecule has 6 nitrogen and oxygen atoms in total. The summed E-state index contributed by atoms with van der Waals surface area (Å²) in [5.74, 6) is 2.09. The number of methoxy groups -OCH3 is 2. The Morgan fingerprint density at radius 3 is 2.41 bits per heavy atom. The van der Waals surface area contributed by atoms with Crippen molar-refractivity contribution < 1.29 is 19.1 Å². The van der Waals surface area contributed by atoms with Crippen molar-refractivity contribution in [3.63, 3.8) is 0 Å². The van der Waals surface area contributed by atoms with Gasteiger partial charge in [0.15, 0.2) is 11.5 Å². The van der Waals surface area contributed by atoms with Crippen LogP contribution in [-0.4, -0.2) is 50.6 Å². The minimum Gasteiger partial charge on any atom is -0.493 e. The van der Waals surface area contributed by atoms with Gasteiger partial charge in [-0.15, -0.1) is 0 Å². The summed E-state index contributed by atoms with van der Waals surface area (Å²) in [6.45, 7) is 6.29. The molecule has 27 heavy (non-hydrogen) atoms. The molecule has 1 fully saturated rings. The van der Waals surface area contributed by atoms with E-state index in [9.17, 15) is 9.59 Å². The van der Waals surface area contributed by atoms with Crippen LogP contribution in [0, 0.1) is 11.8 Å². The maximum absolute atomic E-state index is 12.6. The molecular weight excluding hydrogens is 344 g/mol. The summed E-state index contributed by atoms with van der Waals surface area (Å²) in [5, 5.41) is 3.02. The Bertz CT molecular complexity index is 637. The van der Waals surface area contributed by atoms with Crippen LogP contribution in [0.3, 0.4) is 0 Å². The number of carbonyl (C=O) groups excluding carboxylic acids is 2. The molecular formula is C21H32N2O4. The first-order valence-corrected chi connectivity index (χ1v) is 9.71. The molecule has 1 aliphatic heterocycles. The molecule has 150 valence electrons. The van der Waals surface area contributed by atoms with Crippen LogP contribution < -0.4 is 14.8 Å². The molecule has 1 heterocycles. The van der Waals surface area contributed by atoms with Gasteiger partial charge in [0.1, 0.15) is 0 Å². The molecule has 0 bridgehead atoms. The molecule has 0 atom stereocenters. The molecule has 2 amide bonds. The number of hydrogen-bond acceptors (Lipinski definition) is 4. The molecule has 1 aliphatic rings. The van der Waals surface area contributed by atoms with Crippen molar-refractivity contribution in [2.24, 2.45) is 11.8 Å². The lowest BCUT2D eigenvalue weighted by Gasteiger charge is -2.31. The number of amides is 2. The fourth-order valence-electron chi connectivity index (χ4n) is 3.30. The predicted molar refractivity (Wildman–Crippen MR) is 105 cm³/mol. The van der Waals surface area contributed by atoms with Gasteiger partial charge in [-0.3, -0.25) is 9.59 Å². The van der Waals surface area contributed by atoms with Crippen LogP contribution in [0.5, 0.6) is 11.5 Å². The van der Waals surface area contributed by atoms with Gasteiger partial charge in [0.05, 0.1) is 20.6 Å². The predicted octanol–water partition coefficient (Wildman–Crippen LogP) is 2.65. The van der Waals surface area contributed by atoms with Crippen molar-refractivity contribution >= 4 is 11.8 Å². The molecule has 0 radical (unpaired) electrons. The molecule has 6 heteroatoms. The Labute approximate surface area is 162 Å². The van der Waals surface area contributed by atoms with Crippen molar-refractivity contribution in [1.29, 1.82) is 0 Å². The van der Waals surface area contributed by atoms with Gasteiger partial charge in [0.25, 0.3) is 0 Å². The van der Waals surface area contributed by atoms with Gasteiger partial charge in [-0.1, -0.05) is 19.9 Å². The Balaban J connectivity index is 1.82. The zero-order valence-corrected chi connectivity index (χ0v) is 16.9. The Hall–Kier alpha value is -2.24. The van der Waals surface area contributed by atoms with E-state index in [0.29, 0.717) is 36.9 Å². The van der Waals surface area contributed by atoms with E-state index in [1.807, 2.05) is 23.1 Å². The third-order valence-electron chi connectivity index (χ3n) is 5.04. The number of ether oxygens (including phenoxy) is 2. The highest BCUT2D eigenvalue weighted by Gasteiger charge is 2.27. The number of benzene rings is 1. The highest BCUT2D eigenvalue weighted by atomic mass is 16.5. The van der Waals surface area contributed by atoms with Gasteiger partial charge in [0, 0.05) is 25.6 Å². The average Bonchev–Trinajstić information content (AvgIpc) is 2.67. The number of likely N-dealkylation sites (tertiary alicyclic amines) is 1. The maximum Gasteiger partial charge on any atom is 0.226 e. The Morgan fingerprint density at radius 1 is 1.15 bits per heavy atom. The van der Waals surface area contributed by atoms with Gasteiger partial charge in [-0.2, -0.15) is 0 Å². The molecule has 1 aromatic carbocycles. The maximum atomic E-state index is 12.6. The van der Waals surface area contributed by atoms with Crippen LogP contribution >= 0.6 is 0 Å². The van der Waals surface area contributed by atoms with Crippen molar-refractivity contribution in [2.75, 3.05) is 33.9 Å². The number of piperidine rings is 1. The normalized spacial score (nSPS) is 14.9. The number of hydrogen-bond donors (Lipinski definition) is 1. The van der Waals surface area contributed by atoms with E-state index < -0.39 is 0 Å². The molecule has 2 rings (SSSR count). The standard InChI is InChI=1S/C21H32N2O4/c1-15(2)7-10-22-21(25)17-8-11-23(12-9-17)20(24)14-16-5-6-18(26-3)19(13-16)27-4/h5-6,13,15,17H,7-12,14H2,1-4H3,(H,22,25). The molecule has 1 N–H and O–H groups in total. The lowest BCUT2D eigenvalue weighted by Crippen LogP contribution is -2.43. The molecule has 0 unspecified atom stereocenters. The SMILES string of the molecule is COc1ccc(CC(=O)N2CCC(C(=O)NCCC(C)C)CC2)cc1OC. The lowest BCUT2D eigenvalue weighted by atomic mass is 9.95. The summed E-state index contributed by atoms with van der Waals surface area (Å²) < 4.78 is 10.5. The summed E-state index contributed by atoms with van der Waals surface area (Å²) in [6.07, 6.45) is 2.77. The minimum atomic E-state index is 0.0160. The molecule has 0 aliphatic carbocycles. The molecule has 0 saturated carbocycles. The summed E-state index contributed by atoms with van der Waals surface area (Å²) in [7, 11) is 3.17. The van der Waals surface area contributed by atoms with Gasteiger partial charge in [0.2, 0.25) is 11.8 Å². The largest absolute Gasteiger partial charge is 0.493 e. The quantitative estimate of drug-likeness (QED) is 0.757. The summed E-state index contributed by atoms with van der Waals surface area (Å²) in [5.41, 5.74) is 0.895. The third kappa shape index (κ3) is 6.15. The van der Waals surface area contributed by atoms with Gasteiger partial charge < -0.3 is 19.7 Å². The van der Waals surface area contributed by atoms with Crippen molar-refractivity contribution in [1.82, 2.24) is 10.2 Å². The first kappa shape index (κ1) is 21.1. The number of carbonyl (C=O) groups is 2. The monoisotopic (exact) mass is 376 g/mol.